The predicted octanol–water partition coefficient (Wildman–Crippen LogP) is 2.48. The SMILES string of the molecule is COc1c(S(=O)(=O)O)cc(C(=O)c2ccccc2)c(O)c1I. The quantitative estimate of drug-likeness (QED) is 0.436. The minimum atomic E-state index is -4.62. The number of rotatable bonds is 4. The molecule has 0 unspecified atom stereocenters. The third-order valence-electron chi connectivity index (χ3n) is 2.92. The van der Waals surface area contributed by atoms with E-state index in [1.807, 2.05) is 0 Å². The molecule has 0 aromatic heterocycles. The molecule has 116 valence electrons. The van der Waals surface area contributed by atoms with Crippen molar-refractivity contribution < 1.29 is 27.6 Å². The summed E-state index contributed by atoms with van der Waals surface area (Å²) in [7, 11) is -3.42. The van der Waals surface area contributed by atoms with Gasteiger partial charge >= 0.3 is 0 Å². The Morgan fingerprint density at radius 1 is 1.23 bits per heavy atom. The number of hydrogen-bond acceptors (Lipinski definition) is 5. The van der Waals surface area contributed by atoms with Gasteiger partial charge in [0, 0.05) is 5.56 Å². The first-order chi connectivity index (χ1) is 10.3. The van der Waals surface area contributed by atoms with Gasteiger partial charge in [-0.05, 0) is 28.7 Å². The Hall–Kier alpha value is -1.65. The number of hydrogen-bond donors (Lipinski definition) is 2. The Labute approximate surface area is 140 Å². The van der Waals surface area contributed by atoms with E-state index < -0.39 is 26.5 Å². The lowest BCUT2D eigenvalue weighted by Crippen LogP contribution is -2.09. The summed E-state index contributed by atoms with van der Waals surface area (Å²) in [5.74, 6) is -1.19. The summed E-state index contributed by atoms with van der Waals surface area (Å²) in [4.78, 5) is 11.8. The van der Waals surface area contributed by atoms with Crippen LogP contribution in [0.25, 0.3) is 0 Å². The normalized spacial score (nSPS) is 11.2. The number of benzene rings is 2. The van der Waals surface area contributed by atoms with Gasteiger partial charge in [0.25, 0.3) is 10.1 Å². The van der Waals surface area contributed by atoms with Crippen molar-refractivity contribution in [1.82, 2.24) is 0 Å². The zero-order valence-electron chi connectivity index (χ0n) is 11.3. The first kappa shape index (κ1) is 16.7. The number of methoxy groups -OCH3 is 1. The largest absolute Gasteiger partial charge is 0.506 e. The maximum atomic E-state index is 12.4. The Kier molecular flexibility index (Phi) is 4.73. The maximum Gasteiger partial charge on any atom is 0.298 e. The molecular formula is C14H11IO6S. The molecule has 2 aromatic carbocycles. The monoisotopic (exact) mass is 434 g/mol. The van der Waals surface area contributed by atoms with Gasteiger partial charge < -0.3 is 9.84 Å². The van der Waals surface area contributed by atoms with Crippen LogP contribution in [0.15, 0.2) is 41.3 Å². The molecule has 0 aliphatic rings. The van der Waals surface area contributed by atoms with Crippen molar-refractivity contribution in [3.05, 3.63) is 51.1 Å². The Morgan fingerprint density at radius 3 is 2.32 bits per heavy atom. The van der Waals surface area contributed by atoms with Gasteiger partial charge in [0.2, 0.25) is 0 Å². The average Bonchev–Trinajstić information content (AvgIpc) is 2.48. The van der Waals surface area contributed by atoms with Gasteiger partial charge in [-0.2, -0.15) is 8.42 Å². The Bertz CT molecular complexity index is 830. The van der Waals surface area contributed by atoms with Crippen molar-refractivity contribution >= 4 is 38.5 Å². The van der Waals surface area contributed by atoms with E-state index in [-0.39, 0.29) is 20.4 Å². The molecule has 8 heteroatoms. The second kappa shape index (κ2) is 6.23. The fraction of sp³-hybridized carbons (Fsp3) is 0.0714. The zero-order chi connectivity index (χ0) is 16.5. The highest BCUT2D eigenvalue weighted by atomic mass is 127. The minimum absolute atomic E-state index is 0.0227. The topological polar surface area (TPSA) is 101 Å². The fourth-order valence-corrected chi connectivity index (χ4v) is 3.57. The number of carbonyl (C=O) groups is 1. The van der Waals surface area contributed by atoms with Crippen LogP contribution in [-0.2, 0) is 10.1 Å². The van der Waals surface area contributed by atoms with Crippen LogP contribution in [0.3, 0.4) is 0 Å². The highest BCUT2D eigenvalue weighted by Crippen LogP contribution is 2.39. The summed E-state index contributed by atoms with van der Waals surface area (Å²) in [5.41, 5.74) is 0.0454. The van der Waals surface area contributed by atoms with Gasteiger partial charge in [0.05, 0.1) is 16.2 Å². The van der Waals surface area contributed by atoms with E-state index in [0.717, 1.165) is 6.07 Å². The third kappa shape index (κ3) is 3.08. The van der Waals surface area contributed by atoms with E-state index >= 15 is 0 Å². The standard InChI is InChI=1S/C14H11IO6S/c1-21-14-10(22(18,19)20)7-9(13(17)11(14)15)12(16)8-5-3-2-4-6-8/h2-7,17H,1H3,(H,18,19,20). The molecule has 2 N–H and O–H groups in total. The van der Waals surface area contributed by atoms with Gasteiger partial charge in [0.15, 0.2) is 11.5 Å². The van der Waals surface area contributed by atoms with E-state index in [2.05, 4.69) is 0 Å². The third-order valence-corrected chi connectivity index (χ3v) is 4.78. The first-order valence-corrected chi connectivity index (χ1v) is 8.46. The van der Waals surface area contributed by atoms with E-state index in [9.17, 15) is 22.9 Å². The molecular weight excluding hydrogens is 423 g/mol. The first-order valence-electron chi connectivity index (χ1n) is 5.94. The Morgan fingerprint density at radius 2 is 1.82 bits per heavy atom. The highest BCUT2D eigenvalue weighted by Gasteiger charge is 2.27. The van der Waals surface area contributed by atoms with Crippen molar-refractivity contribution in [3.63, 3.8) is 0 Å². The molecule has 0 saturated carbocycles. The van der Waals surface area contributed by atoms with Crippen LogP contribution in [0.4, 0.5) is 0 Å². The predicted molar refractivity (Wildman–Crippen MR) is 87.1 cm³/mol. The van der Waals surface area contributed by atoms with E-state index in [4.69, 9.17) is 4.74 Å². The smallest absolute Gasteiger partial charge is 0.298 e. The van der Waals surface area contributed by atoms with Crippen LogP contribution in [-0.4, -0.2) is 31.0 Å². The van der Waals surface area contributed by atoms with Crippen molar-refractivity contribution in [2.75, 3.05) is 7.11 Å². The van der Waals surface area contributed by atoms with Crippen molar-refractivity contribution in [2.24, 2.45) is 0 Å². The number of phenolic OH excluding ortho intramolecular Hbond substituents is 1. The van der Waals surface area contributed by atoms with Gasteiger partial charge in [-0.25, -0.2) is 0 Å². The number of phenols is 1. The number of ether oxygens (including phenoxy) is 1. The van der Waals surface area contributed by atoms with Crippen LogP contribution in [0.5, 0.6) is 11.5 Å². The molecule has 0 heterocycles. The van der Waals surface area contributed by atoms with E-state index in [1.54, 1.807) is 40.8 Å². The summed E-state index contributed by atoms with van der Waals surface area (Å²) < 4.78 is 37.2. The van der Waals surface area contributed by atoms with Gasteiger partial charge in [-0.1, -0.05) is 30.3 Å². The van der Waals surface area contributed by atoms with Crippen LogP contribution < -0.4 is 4.74 Å². The lowest BCUT2D eigenvalue weighted by Gasteiger charge is -2.13. The van der Waals surface area contributed by atoms with Crippen molar-refractivity contribution in [3.8, 4) is 11.5 Å². The molecule has 0 saturated heterocycles. The summed E-state index contributed by atoms with van der Waals surface area (Å²) in [6, 6.07) is 8.97. The average molecular weight is 434 g/mol. The Balaban J connectivity index is 2.73. The fourth-order valence-electron chi connectivity index (χ4n) is 1.90. The molecule has 0 amide bonds. The molecule has 0 atom stereocenters. The van der Waals surface area contributed by atoms with Crippen molar-refractivity contribution in [1.29, 1.82) is 0 Å². The van der Waals surface area contributed by atoms with Gasteiger partial charge in [0.1, 0.15) is 10.6 Å². The molecule has 2 rings (SSSR count). The number of carbonyl (C=O) groups excluding carboxylic acids is 1. The maximum absolute atomic E-state index is 12.4. The van der Waals surface area contributed by atoms with Gasteiger partial charge in [-0.3, -0.25) is 9.35 Å². The molecule has 0 aliphatic carbocycles. The van der Waals surface area contributed by atoms with E-state index in [1.165, 1.54) is 19.2 Å². The number of ketones is 1. The number of halogens is 1. The summed E-state index contributed by atoms with van der Waals surface area (Å²) >= 11 is 1.65. The molecule has 0 spiro atoms. The van der Waals surface area contributed by atoms with Gasteiger partial charge in [-0.15, -0.1) is 0 Å². The summed E-state index contributed by atoms with van der Waals surface area (Å²) in [5, 5.41) is 10.1. The summed E-state index contributed by atoms with van der Waals surface area (Å²) in [6.45, 7) is 0. The zero-order valence-corrected chi connectivity index (χ0v) is 14.3. The lowest BCUT2D eigenvalue weighted by atomic mass is 10.0. The molecule has 22 heavy (non-hydrogen) atoms. The lowest BCUT2D eigenvalue weighted by molar-refractivity contribution is 0.103. The molecule has 0 aliphatic heterocycles. The van der Waals surface area contributed by atoms with Crippen LogP contribution in [0.2, 0.25) is 0 Å². The number of aromatic hydroxyl groups is 1. The molecule has 2 aromatic rings. The second-order valence-electron chi connectivity index (χ2n) is 4.29. The van der Waals surface area contributed by atoms with Crippen LogP contribution in [0.1, 0.15) is 15.9 Å². The molecule has 6 nitrogen and oxygen atoms in total. The van der Waals surface area contributed by atoms with Crippen molar-refractivity contribution in [2.45, 2.75) is 4.90 Å². The molecule has 0 bridgehead atoms. The molecule has 0 radical (unpaired) electrons. The van der Waals surface area contributed by atoms with Crippen LogP contribution >= 0.6 is 22.6 Å². The summed E-state index contributed by atoms with van der Waals surface area (Å²) in [6.07, 6.45) is 0. The molecule has 0 fully saturated rings. The minimum Gasteiger partial charge on any atom is -0.506 e. The van der Waals surface area contributed by atoms with E-state index in [0.29, 0.717) is 0 Å². The van der Waals surface area contributed by atoms with Crippen LogP contribution in [0, 0.1) is 3.57 Å². The second-order valence-corrected chi connectivity index (χ2v) is 6.76. The highest BCUT2D eigenvalue weighted by molar-refractivity contribution is 14.1.